The molecule has 2 nitrogen and oxygen atoms in total. The summed E-state index contributed by atoms with van der Waals surface area (Å²) in [7, 11) is 0. The Labute approximate surface area is 190 Å². The van der Waals surface area contributed by atoms with Crippen LogP contribution in [0.1, 0.15) is 22.3 Å². The second-order valence-corrected chi connectivity index (χ2v) is 8.88. The van der Waals surface area contributed by atoms with E-state index in [1.165, 1.54) is 27.8 Å². The van der Waals surface area contributed by atoms with Gasteiger partial charge in [0, 0.05) is 21.9 Å². The number of benzene rings is 5. The monoisotopic (exact) mass is 422 g/mol. The van der Waals surface area contributed by atoms with E-state index in [2.05, 4.69) is 97.1 Å². The van der Waals surface area contributed by atoms with E-state index in [0.717, 1.165) is 39.0 Å². The van der Waals surface area contributed by atoms with Gasteiger partial charge in [-0.2, -0.15) is 0 Å². The first-order chi connectivity index (χ1) is 16.4. The molecule has 0 atom stereocenters. The molecule has 2 heteroatoms. The van der Waals surface area contributed by atoms with Crippen LogP contribution < -0.4 is 4.74 Å². The summed E-state index contributed by atoms with van der Waals surface area (Å²) in [6.45, 7) is 0. The first kappa shape index (κ1) is 17.3. The fourth-order valence-corrected chi connectivity index (χ4v) is 6.07. The highest BCUT2D eigenvalue weighted by molar-refractivity contribution is 6.06. The van der Waals surface area contributed by atoms with Crippen LogP contribution in [0.2, 0.25) is 0 Å². The van der Waals surface area contributed by atoms with Gasteiger partial charge in [-0.25, -0.2) is 0 Å². The third-order valence-electron chi connectivity index (χ3n) is 7.35. The van der Waals surface area contributed by atoms with Gasteiger partial charge >= 0.3 is 0 Å². The molecule has 0 saturated carbocycles. The minimum atomic E-state index is -0.454. The lowest BCUT2D eigenvalue weighted by Gasteiger charge is -2.39. The summed E-state index contributed by atoms with van der Waals surface area (Å²) < 4.78 is 12.9. The van der Waals surface area contributed by atoms with Gasteiger partial charge in [-0.05, 0) is 46.5 Å². The molecule has 0 fully saturated rings. The molecule has 2 heterocycles. The summed E-state index contributed by atoms with van der Waals surface area (Å²) in [6, 6.07) is 38.6. The third-order valence-corrected chi connectivity index (χ3v) is 7.35. The molecule has 1 spiro atoms. The molecular formula is C31H18O2. The Bertz CT molecular complexity index is 1710. The van der Waals surface area contributed by atoms with Gasteiger partial charge in [-0.3, -0.25) is 0 Å². The predicted octanol–water partition coefficient (Wildman–Crippen LogP) is 8.05. The van der Waals surface area contributed by atoms with Crippen LogP contribution in [0.15, 0.2) is 114 Å². The van der Waals surface area contributed by atoms with Crippen molar-refractivity contribution in [3.8, 4) is 22.6 Å². The molecule has 0 saturated heterocycles. The van der Waals surface area contributed by atoms with Crippen LogP contribution in [-0.2, 0) is 5.41 Å². The van der Waals surface area contributed by atoms with E-state index in [0.29, 0.717) is 0 Å². The van der Waals surface area contributed by atoms with Crippen LogP contribution in [0, 0.1) is 0 Å². The molecule has 5 aromatic carbocycles. The summed E-state index contributed by atoms with van der Waals surface area (Å²) >= 11 is 0. The molecule has 0 unspecified atom stereocenters. The van der Waals surface area contributed by atoms with Crippen LogP contribution >= 0.6 is 0 Å². The highest BCUT2D eigenvalue weighted by Crippen LogP contribution is 2.62. The Morgan fingerprint density at radius 3 is 1.88 bits per heavy atom. The molecule has 1 aliphatic carbocycles. The standard InChI is InChI=1S/C31H18O2/c1-4-12-23-19(9-1)20-10-2-5-13-24(20)31(23)25-14-6-8-16-28(25)33-30-17-22-21-11-3-7-15-27(21)32-29(22)18-26(30)31/h1-18H. The van der Waals surface area contributed by atoms with Gasteiger partial charge < -0.3 is 9.15 Å². The minimum absolute atomic E-state index is 0.454. The van der Waals surface area contributed by atoms with E-state index in [-0.39, 0.29) is 0 Å². The summed E-state index contributed by atoms with van der Waals surface area (Å²) in [5.41, 5.74) is 8.77. The first-order valence-corrected chi connectivity index (χ1v) is 11.3. The summed E-state index contributed by atoms with van der Waals surface area (Å²) in [6.07, 6.45) is 0. The largest absolute Gasteiger partial charge is 0.457 e. The van der Waals surface area contributed by atoms with Gasteiger partial charge in [-0.1, -0.05) is 84.9 Å². The molecular weight excluding hydrogens is 404 g/mol. The number of para-hydroxylation sites is 2. The van der Waals surface area contributed by atoms with Crippen LogP contribution in [0.3, 0.4) is 0 Å². The molecule has 0 N–H and O–H groups in total. The SMILES string of the molecule is c1ccc2c(c1)Oc1cc3c(cc1C21c2ccccc2-c2ccccc21)oc1ccccc13. The molecule has 1 aliphatic heterocycles. The number of ether oxygens (including phenoxy) is 1. The Hall–Kier alpha value is -4.30. The van der Waals surface area contributed by atoms with Gasteiger partial charge in [0.1, 0.15) is 22.7 Å². The van der Waals surface area contributed by atoms with E-state index >= 15 is 0 Å². The number of fused-ring (bicyclic) bond motifs is 12. The lowest BCUT2D eigenvalue weighted by atomic mass is 9.66. The zero-order chi connectivity index (χ0) is 21.6. The third kappa shape index (κ3) is 2.00. The number of hydrogen-bond donors (Lipinski definition) is 0. The molecule has 1 aromatic heterocycles. The van der Waals surface area contributed by atoms with Gasteiger partial charge in [-0.15, -0.1) is 0 Å². The van der Waals surface area contributed by atoms with Gasteiger partial charge in [0.2, 0.25) is 0 Å². The van der Waals surface area contributed by atoms with Gasteiger partial charge in [0.15, 0.2) is 0 Å². The van der Waals surface area contributed by atoms with Crippen LogP contribution in [0.4, 0.5) is 0 Å². The van der Waals surface area contributed by atoms with Crippen molar-refractivity contribution in [3.05, 3.63) is 131 Å². The molecule has 154 valence electrons. The van der Waals surface area contributed by atoms with E-state index < -0.39 is 5.41 Å². The van der Waals surface area contributed by atoms with E-state index in [9.17, 15) is 0 Å². The molecule has 6 aromatic rings. The zero-order valence-corrected chi connectivity index (χ0v) is 17.7. The average Bonchev–Trinajstić information content (AvgIpc) is 3.37. The van der Waals surface area contributed by atoms with Crippen LogP contribution in [0.5, 0.6) is 11.5 Å². The zero-order valence-electron chi connectivity index (χ0n) is 17.7. The highest BCUT2D eigenvalue weighted by Gasteiger charge is 2.51. The van der Waals surface area contributed by atoms with Gasteiger partial charge in [0.05, 0.1) is 5.41 Å². The lowest BCUT2D eigenvalue weighted by molar-refractivity contribution is 0.437. The van der Waals surface area contributed by atoms with Crippen LogP contribution in [-0.4, -0.2) is 0 Å². The quantitative estimate of drug-likeness (QED) is 0.247. The Morgan fingerprint density at radius 2 is 1.09 bits per heavy atom. The Morgan fingerprint density at radius 1 is 0.455 bits per heavy atom. The van der Waals surface area contributed by atoms with Crippen molar-refractivity contribution in [1.29, 1.82) is 0 Å². The first-order valence-electron chi connectivity index (χ1n) is 11.3. The van der Waals surface area contributed by atoms with Crippen molar-refractivity contribution in [2.45, 2.75) is 5.41 Å². The molecule has 2 aliphatic rings. The summed E-state index contributed by atoms with van der Waals surface area (Å²) in [5.74, 6) is 1.79. The number of rotatable bonds is 0. The maximum atomic E-state index is 6.58. The second-order valence-electron chi connectivity index (χ2n) is 8.88. The summed E-state index contributed by atoms with van der Waals surface area (Å²) in [5, 5.41) is 2.19. The number of furan rings is 1. The average molecular weight is 422 g/mol. The normalized spacial score (nSPS) is 14.5. The molecule has 33 heavy (non-hydrogen) atoms. The fraction of sp³-hybridized carbons (Fsp3) is 0.0323. The maximum absolute atomic E-state index is 6.58. The van der Waals surface area contributed by atoms with Crippen molar-refractivity contribution in [2.75, 3.05) is 0 Å². The smallest absolute Gasteiger partial charge is 0.136 e. The topological polar surface area (TPSA) is 22.4 Å². The highest BCUT2D eigenvalue weighted by atomic mass is 16.5. The lowest BCUT2D eigenvalue weighted by Crippen LogP contribution is -2.32. The Kier molecular flexibility index (Phi) is 3.11. The van der Waals surface area contributed by atoms with E-state index in [4.69, 9.17) is 9.15 Å². The van der Waals surface area contributed by atoms with E-state index in [1.807, 2.05) is 12.1 Å². The maximum Gasteiger partial charge on any atom is 0.136 e. The second kappa shape index (κ2) is 5.93. The fourth-order valence-electron chi connectivity index (χ4n) is 6.07. The van der Waals surface area contributed by atoms with Crippen molar-refractivity contribution in [3.63, 3.8) is 0 Å². The molecule has 0 radical (unpaired) electrons. The Balaban J connectivity index is 1.59. The molecule has 0 amide bonds. The van der Waals surface area contributed by atoms with Crippen molar-refractivity contribution >= 4 is 21.9 Å². The van der Waals surface area contributed by atoms with Crippen molar-refractivity contribution in [1.82, 2.24) is 0 Å². The minimum Gasteiger partial charge on any atom is -0.457 e. The summed E-state index contributed by atoms with van der Waals surface area (Å²) in [4.78, 5) is 0. The van der Waals surface area contributed by atoms with Crippen LogP contribution in [0.25, 0.3) is 33.1 Å². The van der Waals surface area contributed by atoms with Gasteiger partial charge in [0.25, 0.3) is 0 Å². The molecule has 8 rings (SSSR count). The van der Waals surface area contributed by atoms with E-state index in [1.54, 1.807) is 0 Å². The predicted molar refractivity (Wildman–Crippen MR) is 131 cm³/mol. The van der Waals surface area contributed by atoms with Crippen molar-refractivity contribution < 1.29 is 9.15 Å². The number of hydrogen-bond acceptors (Lipinski definition) is 2. The molecule has 0 bridgehead atoms. The van der Waals surface area contributed by atoms with Crippen molar-refractivity contribution in [2.24, 2.45) is 0 Å².